The molecule has 0 amide bonds. The van der Waals surface area contributed by atoms with Crippen LogP contribution in [0.2, 0.25) is 0 Å². The number of phenolic OH excluding ortho intramolecular Hbond substituents is 1. The van der Waals surface area contributed by atoms with E-state index < -0.39 is 0 Å². The van der Waals surface area contributed by atoms with E-state index in [0.29, 0.717) is 12.8 Å². The van der Waals surface area contributed by atoms with Gasteiger partial charge in [-0.25, -0.2) is 0 Å². The fourth-order valence-electron chi connectivity index (χ4n) is 1.05. The van der Waals surface area contributed by atoms with Gasteiger partial charge in [0, 0.05) is 6.42 Å². The Labute approximate surface area is 96.2 Å². The van der Waals surface area contributed by atoms with Crippen LogP contribution in [0.15, 0.2) is 18.2 Å². The minimum atomic E-state index is -0.215. The number of benzene rings is 1. The minimum absolute atomic E-state index is 0.215. The Morgan fingerprint density at radius 2 is 2.29 bits per heavy atom. The lowest BCUT2D eigenvalue weighted by atomic mass is 10.1. The van der Waals surface area contributed by atoms with Crippen LogP contribution in [-0.2, 0) is 16.0 Å². The van der Waals surface area contributed by atoms with Gasteiger partial charge in [-0.1, -0.05) is 6.07 Å². The molecular formula is C10H11IO3. The second kappa shape index (κ2) is 5.19. The molecule has 0 bridgehead atoms. The summed E-state index contributed by atoms with van der Waals surface area (Å²) in [5.74, 6) is 0.0560. The van der Waals surface area contributed by atoms with Crippen molar-refractivity contribution in [1.82, 2.24) is 0 Å². The van der Waals surface area contributed by atoms with Crippen molar-refractivity contribution in [3.8, 4) is 5.75 Å². The molecule has 0 aromatic heterocycles. The van der Waals surface area contributed by atoms with Crippen molar-refractivity contribution in [2.45, 2.75) is 12.8 Å². The summed E-state index contributed by atoms with van der Waals surface area (Å²) in [4.78, 5) is 10.9. The molecule has 1 rings (SSSR count). The molecule has 0 radical (unpaired) electrons. The maximum atomic E-state index is 10.9. The Morgan fingerprint density at radius 1 is 1.57 bits per heavy atom. The highest BCUT2D eigenvalue weighted by atomic mass is 127. The molecule has 76 valence electrons. The van der Waals surface area contributed by atoms with Gasteiger partial charge in [0.2, 0.25) is 0 Å². The van der Waals surface area contributed by atoms with Gasteiger partial charge >= 0.3 is 5.97 Å². The topological polar surface area (TPSA) is 46.5 Å². The molecule has 0 atom stereocenters. The summed E-state index contributed by atoms with van der Waals surface area (Å²) in [6.07, 6.45) is 1.01. The van der Waals surface area contributed by atoms with E-state index >= 15 is 0 Å². The Kier molecular flexibility index (Phi) is 4.19. The third-order valence-corrected chi connectivity index (χ3v) is 2.72. The predicted octanol–water partition coefficient (Wildman–Crippen LogP) is 2.10. The zero-order valence-corrected chi connectivity index (χ0v) is 9.95. The first-order valence-electron chi connectivity index (χ1n) is 4.17. The molecule has 1 aromatic rings. The molecule has 3 nitrogen and oxygen atoms in total. The monoisotopic (exact) mass is 306 g/mol. The SMILES string of the molecule is COC(=O)CCc1ccc(O)c(I)c1. The molecule has 0 saturated carbocycles. The summed E-state index contributed by atoms with van der Waals surface area (Å²) in [7, 11) is 1.38. The van der Waals surface area contributed by atoms with E-state index in [9.17, 15) is 9.90 Å². The number of methoxy groups -OCH3 is 1. The Balaban J connectivity index is 2.60. The second-order valence-corrected chi connectivity index (χ2v) is 4.02. The zero-order chi connectivity index (χ0) is 10.6. The Morgan fingerprint density at radius 3 is 2.86 bits per heavy atom. The molecule has 1 N–H and O–H groups in total. The number of aryl methyl sites for hydroxylation is 1. The maximum absolute atomic E-state index is 10.9. The van der Waals surface area contributed by atoms with Gasteiger partial charge < -0.3 is 9.84 Å². The molecule has 0 heterocycles. The molecule has 0 aliphatic rings. The molecule has 0 saturated heterocycles. The fraction of sp³-hybridized carbons (Fsp3) is 0.300. The average Bonchev–Trinajstić information content (AvgIpc) is 2.19. The molecule has 14 heavy (non-hydrogen) atoms. The molecule has 0 fully saturated rings. The molecule has 1 aromatic carbocycles. The maximum Gasteiger partial charge on any atom is 0.305 e. The number of carbonyl (C=O) groups is 1. The normalized spacial score (nSPS) is 9.86. The van der Waals surface area contributed by atoms with Crippen LogP contribution in [0.5, 0.6) is 5.75 Å². The van der Waals surface area contributed by atoms with E-state index in [0.717, 1.165) is 9.13 Å². The predicted molar refractivity (Wildman–Crippen MR) is 61.2 cm³/mol. The van der Waals surface area contributed by atoms with Crippen LogP contribution in [-0.4, -0.2) is 18.2 Å². The number of aromatic hydroxyl groups is 1. The second-order valence-electron chi connectivity index (χ2n) is 2.86. The van der Waals surface area contributed by atoms with Crippen LogP contribution < -0.4 is 0 Å². The smallest absolute Gasteiger partial charge is 0.305 e. The van der Waals surface area contributed by atoms with E-state index in [2.05, 4.69) is 27.3 Å². The number of rotatable bonds is 3. The first kappa shape index (κ1) is 11.3. The van der Waals surface area contributed by atoms with Gasteiger partial charge in [0.25, 0.3) is 0 Å². The number of hydrogen-bond donors (Lipinski definition) is 1. The molecular weight excluding hydrogens is 295 g/mol. The van der Waals surface area contributed by atoms with Crippen molar-refractivity contribution < 1.29 is 14.6 Å². The number of esters is 1. The lowest BCUT2D eigenvalue weighted by Crippen LogP contribution is -2.01. The van der Waals surface area contributed by atoms with Gasteiger partial charge in [0.15, 0.2) is 0 Å². The number of carbonyl (C=O) groups excluding carboxylic acids is 1. The van der Waals surface area contributed by atoms with Crippen molar-refractivity contribution in [2.24, 2.45) is 0 Å². The standard InChI is InChI=1S/C10H11IO3/c1-14-10(13)5-3-7-2-4-9(12)8(11)6-7/h2,4,6,12H,3,5H2,1H3. The van der Waals surface area contributed by atoms with Crippen molar-refractivity contribution in [3.63, 3.8) is 0 Å². The third-order valence-electron chi connectivity index (χ3n) is 1.86. The molecule has 0 aliphatic heterocycles. The van der Waals surface area contributed by atoms with Gasteiger partial charge in [0.1, 0.15) is 5.75 Å². The van der Waals surface area contributed by atoms with Crippen molar-refractivity contribution in [1.29, 1.82) is 0 Å². The highest BCUT2D eigenvalue weighted by molar-refractivity contribution is 14.1. The highest BCUT2D eigenvalue weighted by Crippen LogP contribution is 2.20. The van der Waals surface area contributed by atoms with E-state index in [-0.39, 0.29) is 11.7 Å². The summed E-state index contributed by atoms with van der Waals surface area (Å²) in [5.41, 5.74) is 1.03. The van der Waals surface area contributed by atoms with Crippen molar-refractivity contribution in [2.75, 3.05) is 7.11 Å². The summed E-state index contributed by atoms with van der Waals surface area (Å²) >= 11 is 2.05. The van der Waals surface area contributed by atoms with Crippen LogP contribution in [0, 0.1) is 3.57 Å². The summed E-state index contributed by atoms with van der Waals surface area (Å²) < 4.78 is 5.33. The molecule has 4 heteroatoms. The van der Waals surface area contributed by atoms with Crippen LogP contribution in [0.4, 0.5) is 0 Å². The molecule has 0 aliphatic carbocycles. The molecule has 0 unspecified atom stereocenters. The average molecular weight is 306 g/mol. The van der Waals surface area contributed by atoms with Crippen molar-refractivity contribution >= 4 is 28.6 Å². The van der Waals surface area contributed by atoms with Gasteiger partial charge in [-0.3, -0.25) is 4.79 Å². The largest absolute Gasteiger partial charge is 0.507 e. The quantitative estimate of drug-likeness (QED) is 0.687. The Bertz CT molecular complexity index is 336. The van der Waals surface area contributed by atoms with E-state index in [1.807, 2.05) is 6.07 Å². The van der Waals surface area contributed by atoms with Gasteiger partial charge in [0.05, 0.1) is 10.7 Å². The minimum Gasteiger partial charge on any atom is -0.507 e. The first-order chi connectivity index (χ1) is 6.63. The van der Waals surface area contributed by atoms with E-state index in [1.54, 1.807) is 12.1 Å². The van der Waals surface area contributed by atoms with Gasteiger partial charge in [-0.2, -0.15) is 0 Å². The van der Waals surface area contributed by atoms with Gasteiger partial charge in [-0.05, 0) is 46.7 Å². The van der Waals surface area contributed by atoms with Crippen molar-refractivity contribution in [3.05, 3.63) is 27.3 Å². The zero-order valence-electron chi connectivity index (χ0n) is 7.79. The van der Waals surface area contributed by atoms with Crippen LogP contribution >= 0.6 is 22.6 Å². The first-order valence-corrected chi connectivity index (χ1v) is 5.25. The van der Waals surface area contributed by atoms with E-state index in [4.69, 9.17) is 0 Å². The van der Waals surface area contributed by atoms with E-state index in [1.165, 1.54) is 7.11 Å². The summed E-state index contributed by atoms with van der Waals surface area (Å²) in [6, 6.07) is 5.30. The van der Waals surface area contributed by atoms with Crippen LogP contribution in [0.1, 0.15) is 12.0 Å². The molecule has 0 spiro atoms. The fourth-order valence-corrected chi connectivity index (χ4v) is 1.63. The summed E-state index contributed by atoms with van der Waals surface area (Å²) in [5, 5.41) is 9.27. The highest BCUT2D eigenvalue weighted by Gasteiger charge is 2.03. The third kappa shape index (κ3) is 3.17. The Hall–Kier alpha value is -0.780. The number of ether oxygens (including phenoxy) is 1. The lowest BCUT2D eigenvalue weighted by Gasteiger charge is -2.02. The van der Waals surface area contributed by atoms with Crippen LogP contribution in [0.3, 0.4) is 0 Å². The number of halogens is 1. The number of hydrogen-bond acceptors (Lipinski definition) is 3. The number of phenols is 1. The van der Waals surface area contributed by atoms with Crippen LogP contribution in [0.25, 0.3) is 0 Å². The van der Waals surface area contributed by atoms with Gasteiger partial charge in [-0.15, -0.1) is 0 Å². The lowest BCUT2D eigenvalue weighted by molar-refractivity contribution is -0.140. The summed E-state index contributed by atoms with van der Waals surface area (Å²) in [6.45, 7) is 0.